The third-order valence-corrected chi connectivity index (χ3v) is 11.5. The van der Waals surface area contributed by atoms with Gasteiger partial charge in [0.05, 0.1) is 137 Å². The van der Waals surface area contributed by atoms with E-state index in [1.807, 2.05) is 0 Å². The summed E-state index contributed by atoms with van der Waals surface area (Å²) in [5, 5.41) is 67.1. The predicted molar refractivity (Wildman–Crippen MR) is 286 cm³/mol. The predicted octanol–water partition coefficient (Wildman–Crippen LogP) is -5.97. The number of aliphatic imine (C=N–C) groups is 2. The fourth-order valence-electron chi connectivity index (χ4n) is 7.59. The van der Waals surface area contributed by atoms with E-state index in [1.54, 1.807) is 6.92 Å². The average molecular weight is 1200 g/mol. The maximum atomic E-state index is 13.3. The lowest BCUT2D eigenvalue weighted by Crippen LogP contribution is -2.61. The first-order chi connectivity index (χ1) is 39.7. The van der Waals surface area contributed by atoms with E-state index in [9.17, 15) is 59.4 Å². The maximum Gasteiger partial charge on any atom is 0.407 e. The SMILES string of the molecule is C#CCOCCOCCOCCOCCC(=O)N(CCOCCOCCNC(=O)O[C@@H]([C@@H]1OC(C(=O)O)=C[C@H](N=C(N)N)[C@H]1C)[C@H](O)CO)CCOCCOCCNC(=O)O[C@@H]([C@@H]1OC(C(=O)O)=C[C@H](N=C(N)N)[C@H]1NC(C)=O)[C@H](O)CO. The van der Waals surface area contributed by atoms with E-state index in [1.165, 1.54) is 11.0 Å². The molecule has 10 atom stereocenters. The highest BCUT2D eigenvalue weighted by molar-refractivity contribution is 5.86. The zero-order valence-electron chi connectivity index (χ0n) is 46.5. The van der Waals surface area contributed by atoms with Crippen LogP contribution in [0, 0.1) is 18.3 Å². The molecule has 34 nitrogen and oxygen atoms in total. The molecule has 0 aromatic carbocycles. The number of aliphatic hydroxyl groups excluding tert-OH is 4. The first-order valence-corrected chi connectivity index (χ1v) is 26.2. The number of carboxylic acid groups (broad SMARTS) is 2. The second kappa shape index (κ2) is 42.0. The number of carbonyl (C=O) groups is 6. The lowest BCUT2D eigenvalue weighted by Gasteiger charge is -2.39. The summed E-state index contributed by atoms with van der Waals surface area (Å²) in [7, 11) is 0. The van der Waals surface area contributed by atoms with E-state index in [-0.39, 0.29) is 124 Å². The molecule has 0 spiro atoms. The second-order valence-corrected chi connectivity index (χ2v) is 17.8. The van der Waals surface area contributed by atoms with Crippen LogP contribution in [-0.4, -0.2) is 283 Å². The summed E-state index contributed by atoms with van der Waals surface area (Å²) in [5.41, 5.74) is 22.0. The Morgan fingerprint density at radius 2 is 1.02 bits per heavy atom. The van der Waals surface area contributed by atoms with Crippen molar-refractivity contribution in [3.8, 4) is 12.3 Å². The van der Waals surface area contributed by atoms with Crippen molar-refractivity contribution in [1.29, 1.82) is 0 Å². The number of hydrogen-bond donors (Lipinski definition) is 13. The molecule has 0 fully saturated rings. The van der Waals surface area contributed by atoms with Crippen molar-refractivity contribution in [2.45, 2.75) is 75.0 Å². The van der Waals surface area contributed by atoms with Gasteiger partial charge < -0.3 is 131 Å². The van der Waals surface area contributed by atoms with Gasteiger partial charge >= 0.3 is 24.1 Å². The lowest BCUT2D eigenvalue weighted by molar-refractivity contribution is -0.147. The van der Waals surface area contributed by atoms with Crippen molar-refractivity contribution >= 4 is 47.9 Å². The van der Waals surface area contributed by atoms with Crippen LogP contribution in [0.3, 0.4) is 0 Å². The normalized spacial score (nSPS) is 19.7. The molecule has 0 unspecified atom stereocenters. The lowest BCUT2D eigenvalue weighted by atomic mass is 9.87. The number of rotatable bonds is 44. The first kappa shape index (κ1) is 72.2. The fourth-order valence-corrected chi connectivity index (χ4v) is 7.59. The van der Waals surface area contributed by atoms with Gasteiger partial charge in [0.15, 0.2) is 30.2 Å². The van der Waals surface area contributed by atoms with Crippen LogP contribution in [0.15, 0.2) is 33.7 Å². The van der Waals surface area contributed by atoms with Crippen molar-refractivity contribution in [2.24, 2.45) is 38.8 Å². The first-order valence-electron chi connectivity index (χ1n) is 26.2. The van der Waals surface area contributed by atoms with Crippen LogP contribution in [0.4, 0.5) is 9.59 Å². The Morgan fingerprint density at radius 3 is 1.46 bits per heavy atom. The molecule has 4 amide bonds. The molecule has 0 aromatic rings. The van der Waals surface area contributed by atoms with Gasteiger partial charge in [-0.2, -0.15) is 0 Å². The number of aliphatic hydroxyl groups is 4. The fraction of sp³-hybridized carbons (Fsp3) is 0.714. The second-order valence-electron chi connectivity index (χ2n) is 17.8. The number of aliphatic carboxylic acids is 2. The third kappa shape index (κ3) is 29.8. The third-order valence-electron chi connectivity index (χ3n) is 11.5. The summed E-state index contributed by atoms with van der Waals surface area (Å²) < 4.78 is 65.7. The molecule has 0 radical (unpaired) electrons. The molecule has 0 saturated heterocycles. The highest BCUT2D eigenvalue weighted by Gasteiger charge is 2.47. The number of terminal acetylenes is 1. The standard InChI is InChI=1S/C49H82N10O24/c1-4-10-72-16-22-78-24-25-79-23-17-73-11-5-38(65)59(8-14-76-20-18-74-12-6-54-48(70)82-41(34(63)28-60)40-30(2)32(57-46(50)51)26-36(80-40)44(66)67)9-15-77-21-19-75-13-7-55-49(71)83-42(35(64)29-61)43-39(56-31(3)62)33(58-47(52)53)27-37(81-43)45(68)69/h1,26-27,30,32-35,39-43,60-61,63-64H,5-25,28-29H2,2-3H3,(H,54,70)(H,55,71)(H,56,62)(H,66,67)(H,68,69)(H4,50,51,57)(H4,52,53,58)/t30-,32+,33+,34-,35-,39-,40-,41-,42-,43-/m1/s1. The summed E-state index contributed by atoms with van der Waals surface area (Å²) in [6.07, 6.45) is -4.47. The number of hydrogen-bond acceptors (Lipinski definition) is 24. The molecule has 0 saturated carbocycles. The summed E-state index contributed by atoms with van der Waals surface area (Å²) in [5.74, 6) is -4.30. The number of ether oxygens (including phenoxy) is 12. The van der Waals surface area contributed by atoms with Gasteiger partial charge in [0, 0.05) is 39.0 Å². The summed E-state index contributed by atoms with van der Waals surface area (Å²) in [6.45, 7) is 3.72. The van der Waals surface area contributed by atoms with Crippen LogP contribution in [0.2, 0.25) is 0 Å². The molecule has 472 valence electrons. The number of alkyl carbamates (subject to hydrolysis) is 2. The molecule has 17 N–H and O–H groups in total. The van der Waals surface area contributed by atoms with Crippen molar-refractivity contribution in [3.63, 3.8) is 0 Å². The Morgan fingerprint density at radius 1 is 0.627 bits per heavy atom. The summed E-state index contributed by atoms with van der Waals surface area (Å²) >= 11 is 0. The van der Waals surface area contributed by atoms with Gasteiger partial charge in [-0.15, -0.1) is 6.42 Å². The van der Waals surface area contributed by atoms with Crippen molar-refractivity contribution in [3.05, 3.63) is 23.7 Å². The van der Waals surface area contributed by atoms with E-state index in [0.717, 1.165) is 13.0 Å². The molecule has 0 aromatic heterocycles. The Balaban J connectivity index is 1.85. The van der Waals surface area contributed by atoms with Crippen molar-refractivity contribution in [2.75, 3.05) is 145 Å². The topological polar surface area (TPSA) is 503 Å². The molecule has 0 bridgehead atoms. The number of amides is 4. The molecular formula is C49H82N10O24. The minimum absolute atomic E-state index is 0.00689. The highest BCUT2D eigenvalue weighted by atomic mass is 16.6. The Bertz CT molecular complexity index is 2130. The highest BCUT2D eigenvalue weighted by Crippen LogP contribution is 2.31. The number of nitrogens with two attached hydrogens (primary N) is 4. The van der Waals surface area contributed by atoms with Gasteiger partial charge in [-0.05, 0) is 12.2 Å². The van der Waals surface area contributed by atoms with E-state index < -0.39 is 121 Å². The molecule has 0 aliphatic carbocycles. The maximum absolute atomic E-state index is 13.3. The molecular weight excluding hydrogens is 1110 g/mol. The molecule has 2 aliphatic rings. The van der Waals surface area contributed by atoms with E-state index in [0.29, 0.717) is 26.4 Å². The Hall–Kier alpha value is -6.88. The van der Waals surface area contributed by atoms with E-state index in [2.05, 4.69) is 31.9 Å². The molecule has 2 rings (SSSR count). The van der Waals surface area contributed by atoms with Gasteiger partial charge in [-0.1, -0.05) is 12.8 Å². The van der Waals surface area contributed by atoms with Crippen molar-refractivity contribution < 1.29 is 116 Å². The number of carbonyl (C=O) groups excluding carboxylic acids is 4. The van der Waals surface area contributed by atoms with Crippen LogP contribution >= 0.6 is 0 Å². The van der Waals surface area contributed by atoms with Crippen LogP contribution in [0.1, 0.15) is 20.3 Å². The van der Waals surface area contributed by atoms with Gasteiger partial charge in [0.1, 0.15) is 24.9 Å². The average Bonchev–Trinajstić information content (AvgIpc) is 3.32. The largest absolute Gasteiger partial charge is 0.479 e. The number of nitrogens with zero attached hydrogens (tertiary/aromatic N) is 3. The van der Waals surface area contributed by atoms with Crippen LogP contribution in [-0.2, 0) is 76.0 Å². The molecule has 2 heterocycles. The molecule has 34 heteroatoms. The Labute approximate surface area is 479 Å². The smallest absolute Gasteiger partial charge is 0.407 e. The van der Waals surface area contributed by atoms with Crippen LogP contribution in [0.5, 0.6) is 0 Å². The monoisotopic (exact) mass is 1190 g/mol. The molecule has 2 aliphatic heterocycles. The zero-order chi connectivity index (χ0) is 61.5. The minimum atomic E-state index is -1.82. The van der Waals surface area contributed by atoms with Gasteiger partial charge in [-0.25, -0.2) is 29.2 Å². The van der Waals surface area contributed by atoms with Gasteiger partial charge in [-0.3, -0.25) is 9.59 Å². The van der Waals surface area contributed by atoms with Gasteiger partial charge in [0.2, 0.25) is 23.3 Å². The zero-order valence-corrected chi connectivity index (χ0v) is 46.5. The minimum Gasteiger partial charge on any atom is -0.479 e. The summed E-state index contributed by atoms with van der Waals surface area (Å²) in [6, 6.07) is -3.42. The molecule has 83 heavy (non-hydrogen) atoms. The number of carboxylic acids is 2. The summed E-state index contributed by atoms with van der Waals surface area (Å²) in [4.78, 5) is 84.1. The quantitative estimate of drug-likeness (QED) is 0.0117. The van der Waals surface area contributed by atoms with Crippen LogP contribution in [0.25, 0.3) is 0 Å². The van der Waals surface area contributed by atoms with Crippen LogP contribution < -0.4 is 38.9 Å². The Kier molecular flexibility index (Phi) is 36.6. The van der Waals surface area contributed by atoms with Crippen molar-refractivity contribution in [1.82, 2.24) is 20.9 Å². The van der Waals surface area contributed by atoms with Gasteiger partial charge in [0.25, 0.3) is 0 Å². The van der Waals surface area contributed by atoms with E-state index in [4.69, 9.17) is 86.2 Å². The number of nitrogens with one attached hydrogen (secondary N) is 3. The van der Waals surface area contributed by atoms with E-state index >= 15 is 0 Å². The number of guanidine groups is 2.